The van der Waals surface area contributed by atoms with Crippen molar-refractivity contribution in [3.63, 3.8) is 0 Å². The molecule has 0 saturated heterocycles. The number of allylic oxidation sites excluding steroid dienone is 10. The molecule has 11 heteroatoms. The highest BCUT2D eigenvalue weighted by Gasteiger charge is 2.12. The van der Waals surface area contributed by atoms with Gasteiger partial charge in [0, 0.05) is 36.6 Å². The molecule has 3 rings (SSSR count). The van der Waals surface area contributed by atoms with Gasteiger partial charge in [-0.15, -0.1) is 0 Å². The minimum absolute atomic E-state index is 0.0789. The number of aromatic nitrogens is 2. The first-order chi connectivity index (χ1) is 24.5. The third-order valence-corrected chi connectivity index (χ3v) is 9.50. The number of ether oxygens (including phenoxy) is 1. The number of imidazole rings is 1. The fourth-order valence-corrected chi connectivity index (χ4v) is 6.39. The number of para-hydroxylation sites is 1. The molecule has 0 spiro atoms. The molecule has 0 aliphatic rings. The quantitative estimate of drug-likeness (QED) is 0.0437. The molecule has 0 unspecified atom stereocenters. The molecule has 0 fully saturated rings. The number of nitrogens with two attached hydrogens (primary N) is 1. The van der Waals surface area contributed by atoms with Crippen LogP contribution in [0.5, 0.6) is 5.75 Å². The Balaban J connectivity index is 1.14. The number of H-pyrrole nitrogens is 1. The van der Waals surface area contributed by atoms with Crippen molar-refractivity contribution in [3.05, 3.63) is 109 Å². The van der Waals surface area contributed by atoms with E-state index in [2.05, 4.69) is 88.3 Å². The summed E-state index contributed by atoms with van der Waals surface area (Å²) < 4.78 is 5.37. The molecule has 1 heterocycles. The number of hydrogen-bond acceptors (Lipinski definition) is 7. The Labute approximate surface area is 303 Å². The van der Waals surface area contributed by atoms with E-state index in [-0.39, 0.29) is 5.91 Å². The van der Waals surface area contributed by atoms with Gasteiger partial charge in [-0.05, 0) is 81.3 Å². The summed E-state index contributed by atoms with van der Waals surface area (Å²) >= 11 is 0. The molecule has 0 bridgehead atoms. The van der Waals surface area contributed by atoms with Crippen molar-refractivity contribution in [2.45, 2.75) is 58.3 Å². The van der Waals surface area contributed by atoms with Crippen LogP contribution in [-0.2, 0) is 4.79 Å². The Bertz CT molecular complexity index is 1630. The highest BCUT2D eigenvalue weighted by atomic mass is 33.1. The van der Waals surface area contributed by atoms with Crippen LogP contribution in [0.4, 0.5) is 4.79 Å². The van der Waals surface area contributed by atoms with E-state index < -0.39 is 12.0 Å². The SMILES string of the molecule is CC/C=C\C/C=C\C/C=C\C/C=C\C/C=C\CCCC(=O)NCCSSCCNC(=O)Oc1ccc(-c2nc3c(C(N)=O)cccc3[nH]2)cc1. The highest BCUT2D eigenvalue weighted by molar-refractivity contribution is 8.76. The zero-order valence-corrected chi connectivity index (χ0v) is 30.4. The lowest BCUT2D eigenvalue weighted by molar-refractivity contribution is -0.121. The fraction of sp³-hybridized carbons (Fsp3) is 0.333. The zero-order chi connectivity index (χ0) is 35.7. The first kappa shape index (κ1) is 40.0. The Hall–Kier alpha value is -4.48. The number of primary amides is 1. The van der Waals surface area contributed by atoms with Crippen LogP contribution in [0, 0.1) is 0 Å². The number of nitrogens with one attached hydrogen (secondary N) is 3. The summed E-state index contributed by atoms with van der Waals surface area (Å²) in [6, 6.07) is 12.1. The van der Waals surface area contributed by atoms with Crippen molar-refractivity contribution in [2.24, 2.45) is 5.73 Å². The fourth-order valence-electron chi connectivity index (χ4n) is 4.57. The van der Waals surface area contributed by atoms with Crippen molar-refractivity contribution in [3.8, 4) is 17.1 Å². The van der Waals surface area contributed by atoms with Crippen LogP contribution in [0.25, 0.3) is 22.4 Å². The first-order valence-electron chi connectivity index (χ1n) is 17.1. The molecule has 5 N–H and O–H groups in total. The normalized spacial score (nSPS) is 11.9. The van der Waals surface area contributed by atoms with Crippen LogP contribution in [0.1, 0.15) is 68.6 Å². The number of aromatic amines is 1. The number of carbonyl (C=O) groups is 3. The Morgan fingerprint density at radius 1 is 0.800 bits per heavy atom. The molecule has 3 aromatic rings. The van der Waals surface area contributed by atoms with Crippen LogP contribution in [-0.4, -0.2) is 52.5 Å². The van der Waals surface area contributed by atoms with Crippen LogP contribution in [0.3, 0.4) is 0 Å². The van der Waals surface area contributed by atoms with E-state index in [1.54, 1.807) is 58.0 Å². The second-order valence-corrected chi connectivity index (χ2v) is 13.8. The van der Waals surface area contributed by atoms with Crippen molar-refractivity contribution in [1.29, 1.82) is 0 Å². The number of nitrogens with zero attached hydrogens (tertiary/aromatic N) is 1. The van der Waals surface area contributed by atoms with Gasteiger partial charge in [0.2, 0.25) is 5.91 Å². The molecule has 0 aliphatic heterocycles. The molecule has 50 heavy (non-hydrogen) atoms. The number of benzene rings is 2. The highest BCUT2D eigenvalue weighted by Crippen LogP contribution is 2.25. The van der Waals surface area contributed by atoms with Gasteiger partial charge in [0.15, 0.2) is 0 Å². The van der Waals surface area contributed by atoms with E-state index in [4.69, 9.17) is 10.5 Å². The minimum Gasteiger partial charge on any atom is -0.410 e. The van der Waals surface area contributed by atoms with Crippen LogP contribution in [0.2, 0.25) is 0 Å². The van der Waals surface area contributed by atoms with Crippen molar-refractivity contribution in [1.82, 2.24) is 20.6 Å². The van der Waals surface area contributed by atoms with Gasteiger partial charge in [-0.25, -0.2) is 9.78 Å². The average Bonchev–Trinajstić information content (AvgIpc) is 3.55. The summed E-state index contributed by atoms with van der Waals surface area (Å²) in [5.74, 6) is 2.02. The third-order valence-electron chi connectivity index (χ3n) is 7.09. The Morgan fingerprint density at radius 3 is 2.02 bits per heavy atom. The summed E-state index contributed by atoms with van der Waals surface area (Å²) in [7, 11) is 3.28. The van der Waals surface area contributed by atoms with Crippen LogP contribution < -0.4 is 21.1 Å². The zero-order valence-electron chi connectivity index (χ0n) is 28.8. The lowest BCUT2D eigenvalue weighted by Crippen LogP contribution is -2.28. The molecule has 0 aliphatic carbocycles. The largest absolute Gasteiger partial charge is 0.412 e. The standard InChI is InChI=1S/C39H49N5O4S2/c1-2-3-4-5-6-7-8-9-10-11-12-13-14-15-16-17-18-22-35(45)41-27-29-49-50-30-28-42-39(47)48-32-25-23-31(24-26-32)38-43-34-21-19-20-33(37(40)46)36(34)44-38/h3-4,6-7,9-10,12-13,15-16,19-21,23-26H,2,5,8,11,14,17-18,22,27-30H2,1H3,(H2,40,46)(H,41,45)(H,42,47)(H,43,44)/b4-3-,7-6-,10-9-,13-12-,16-15-. The second kappa shape index (κ2) is 24.6. The predicted molar refractivity (Wildman–Crippen MR) is 210 cm³/mol. The second-order valence-electron chi connectivity index (χ2n) is 11.1. The number of rotatable bonds is 23. The smallest absolute Gasteiger partial charge is 0.410 e. The molecular formula is C39H49N5O4S2. The van der Waals surface area contributed by atoms with Gasteiger partial charge in [0.25, 0.3) is 5.91 Å². The molecule has 0 atom stereocenters. The van der Waals surface area contributed by atoms with E-state index >= 15 is 0 Å². The van der Waals surface area contributed by atoms with Gasteiger partial charge in [0.1, 0.15) is 17.1 Å². The summed E-state index contributed by atoms with van der Waals surface area (Å²) in [6.45, 7) is 3.22. The van der Waals surface area contributed by atoms with E-state index in [0.717, 1.165) is 56.3 Å². The number of unbranched alkanes of at least 4 members (excludes halogenated alkanes) is 1. The average molecular weight is 716 g/mol. The molecule has 2 aromatic carbocycles. The van der Waals surface area contributed by atoms with Crippen LogP contribution >= 0.6 is 21.6 Å². The Kier molecular flexibility index (Phi) is 19.7. The number of hydrogen-bond donors (Lipinski definition) is 4. The van der Waals surface area contributed by atoms with E-state index in [0.29, 0.717) is 53.4 Å². The van der Waals surface area contributed by atoms with Crippen molar-refractivity contribution < 1.29 is 19.1 Å². The van der Waals surface area contributed by atoms with E-state index in [1.165, 1.54) is 0 Å². The maximum atomic E-state index is 12.2. The number of carbonyl (C=O) groups excluding carboxylic acids is 3. The van der Waals surface area contributed by atoms with Gasteiger partial charge < -0.3 is 26.1 Å². The molecule has 1 aromatic heterocycles. The molecule has 266 valence electrons. The Morgan fingerprint density at radius 2 is 1.40 bits per heavy atom. The summed E-state index contributed by atoms with van der Waals surface area (Å²) in [5.41, 5.74) is 7.80. The predicted octanol–water partition coefficient (Wildman–Crippen LogP) is 8.84. The minimum atomic E-state index is -0.538. The summed E-state index contributed by atoms with van der Waals surface area (Å²) in [4.78, 5) is 43.6. The maximum Gasteiger partial charge on any atom is 0.412 e. The monoisotopic (exact) mass is 715 g/mol. The number of fused-ring (bicyclic) bond motifs is 1. The van der Waals surface area contributed by atoms with Gasteiger partial charge in [-0.2, -0.15) is 0 Å². The van der Waals surface area contributed by atoms with E-state index in [1.807, 2.05) is 6.07 Å². The van der Waals surface area contributed by atoms with Gasteiger partial charge in [-0.3, -0.25) is 9.59 Å². The summed E-state index contributed by atoms with van der Waals surface area (Å²) in [6.07, 6.45) is 28.5. The molecule has 0 saturated carbocycles. The summed E-state index contributed by atoms with van der Waals surface area (Å²) in [5, 5.41) is 5.71. The van der Waals surface area contributed by atoms with Crippen LogP contribution in [0.15, 0.2) is 103 Å². The topological polar surface area (TPSA) is 139 Å². The molecule has 0 radical (unpaired) electrons. The van der Waals surface area contributed by atoms with Crippen molar-refractivity contribution in [2.75, 3.05) is 24.6 Å². The molecule has 3 amide bonds. The lowest BCUT2D eigenvalue weighted by Gasteiger charge is -2.07. The maximum absolute atomic E-state index is 12.2. The third kappa shape index (κ3) is 16.3. The first-order valence-corrected chi connectivity index (χ1v) is 19.6. The molecular weight excluding hydrogens is 667 g/mol. The molecule has 9 nitrogen and oxygen atoms in total. The van der Waals surface area contributed by atoms with E-state index in [9.17, 15) is 14.4 Å². The van der Waals surface area contributed by atoms with Crippen molar-refractivity contribution >= 4 is 50.5 Å². The van der Waals surface area contributed by atoms with Gasteiger partial charge in [-0.1, -0.05) is 95.3 Å². The van der Waals surface area contributed by atoms with Gasteiger partial charge >= 0.3 is 6.09 Å². The van der Waals surface area contributed by atoms with Gasteiger partial charge in [0.05, 0.1) is 11.1 Å². The number of amides is 3. The lowest BCUT2D eigenvalue weighted by atomic mass is 10.2.